The van der Waals surface area contributed by atoms with Crippen LogP contribution in [0.1, 0.15) is 51.7 Å². The van der Waals surface area contributed by atoms with Crippen LogP contribution in [-0.2, 0) is 22.2 Å². The van der Waals surface area contributed by atoms with Gasteiger partial charge in [0.15, 0.2) is 0 Å². The van der Waals surface area contributed by atoms with Crippen molar-refractivity contribution in [2.45, 2.75) is 52.7 Å². The molecule has 236 valence electrons. The summed E-state index contributed by atoms with van der Waals surface area (Å²) in [5.41, 5.74) is 1.44. The van der Waals surface area contributed by atoms with Gasteiger partial charge < -0.3 is 9.64 Å². The van der Waals surface area contributed by atoms with Crippen LogP contribution in [0.3, 0.4) is 0 Å². The molecular formula is C31H38ClN5O6S. The lowest BCUT2D eigenvalue weighted by Crippen LogP contribution is -2.49. The summed E-state index contributed by atoms with van der Waals surface area (Å²) >= 11 is 6.19. The average Bonchev–Trinajstić information content (AvgIpc) is 3.78. The van der Waals surface area contributed by atoms with Crippen LogP contribution in [0.2, 0.25) is 5.02 Å². The van der Waals surface area contributed by atoms with Gasteiger partial charge in [-0.2, -0.15) is 14.1 Å². The van der Waals surface area contributed by atoms with Crippen molar-refractivity contribution in [1.82, 2.24) is 14.1 Å². The quantitative estimate of drug-likeness (QED) is 0.217. The highest BCUT2D eigenvalue weighted by Gasteiger charge is 2.52. The largest absolute Gasteiger partial charge is 0.486 e. The number of halogens is 1. The van der Waals surface area contributed by atoms with Crippen LogP contribution in [0.5, 0.6) is 5.75 Å². The first-order chi connectivity index (χ1) is 20.7. The predicted octanol–water partition coefficient (Wildman–Crippen LogP) is 5.21. The average molecular weight is 644 g/mol. The highest BCUT2D eigenvalue weighted by Crippen LogP contribution is 2.58. The van der Waals surface area contributed by atoms with Crippen LogP contribution in [0.15, 0.2) is 53.5 Å². The van der Waals surface area contributed by atoms with Gasteiger partial charge >= 0.3 is 5.56 Å². The summed E-state index contributed by atoms with van der Waals surface area (Å²) in [5, 5.41) is 16.4. The minimum absolute atomic E-state index is 0.00342. The molecule has 1 saturated carbocycles. The summed E-state index contributed by atoms with van der Waals surface area (Å²) in [7, 11) is -3.75. The summed E-state index contributed by atoms with van der Waals surface area (Å²) in [5.74, 6) is -0.159. The van der Waals surface area contributed by atoms with E-state index in [1.807, 2.05) is 11.8 Å². The van der Waals surface area contributed by atoms with Crippen LogP contribution in [-0.4, -0.2) is 60.2 Å². The molecule has 5 rings (SSSR count). The van der Waals surface area contributed by atoms with E-state index in [1.54, 1.807) is 42.6 Å². The highest BCUT2D eigenvalue weighted by atomic mass is 35.5. The van der Waals surface area contributed by atoms with E-state index >= 15 is 0 Å². The summed E-state index contributed by atoms with van der Waals surface area (Å²) < 4.78 is 35.7. The lowest BCUT2D eigenvalue weighted by molar-refractivity contribution is -0.385. The fraction of sp³-hybridized carbons (Fsp3) is 0.484. The molecule has 1 saturated heterocycles. The maximum absolute atomic E-state index is 13.8. The van der Waals surface area contributed by atoms with Gasteiger partial charge in [-0.05, 0) is 48.4 Å². The van der Waals surface area contributed by atoms with E-state index in [4.69, 9.17) is 16.3 Å². The first kappa shape index (κ1) is 31.9. The summed E-state index contributed by atoms with van der Waals surface area (Å²) in [6, 6.07) is 11.5. The standard InChI is InChI=1S/C31H38ClN5O6S/c1-5-23-10-9-22(17-26(23)37(39)40)20-44(41,42)35-15-13-34(14-16-35)27-19-33-36(25-8-6-7-24(32)18-25)29(38)28(27)43-21-31(11-12-31)30(2,3)4/h6-10,17-19H,5,11-16,20-21H2,1-4H3. The molecule has 0 N–H and O–H groups in total. The fourth-order valence-electron chi connectivity index (χ4n) is 5.73. The Bertz CT molecular complexity index is 1720. The van der Waals surface area contributed by atoms with Crippen molar-refractivity contribution in [2.75, 3.05) is 37.7 Å². The molecule has 0 bridgehead atoms. The highest BCUT2D eigenvalue weighted by molar-refractivity contribution is 7.88. The Morgan fingerprint density at radius 3 is 2.39 bits per heavy atom. The Balaban J connectivity index is 1.37. The molecule has 1 aliphatic carbocycles. The van der Waals surface area contributed by atoms with Crippen molar-refractivity contribution in [1.29, 1.82) is 0 Å². The number of hydrogen-bond donors (Lipinski definition) is 0. The van der Waals surface area contributed by atoms with E-state index in [9.17, 15) is 23.3 Å². The van der Waals surface area contributed by atoms with Crippen LogP contribution in [0, 0.1) is 20.9 Å². The Labute approximate surface area is 262 Å². The Morgan fingerprint density at radius 2 is 1.80 bits per heavy atom. The third-order valence-corrected chi connectivity index (χ3v) is 11.0. The Kier molecular flexibility index (Phi) is 8.80. The first-order valence-corrected chi connectivity index (χ1v) is 16.7. The SMILES string of the molecule is CCc1ccc(CS(=O)(=O)N2CCN(c3cnn(-c4cccc(Cl)c4)c(=O)c3OCC3(C(C)(C)C)CC3)CC2)cc1[N+](=O)[O-]. The molecule has 2 aliphatic rings. The number of nitro benzene ring substituents is 1. The number of rotatable bonds is 10. The Morgan fingerprint density at radius 1 is 1.09 bits per heavy atom. The first-order valence-electron chi connectivity index (χ1n) is 14.7. The van der Waals surface area contributed by atoms with E-state index in [0.717, 1.165) is 12.8 Å². The van der Waals surface area contributed by atoms with Gasteiger partial charge in [0, 0.05) is 48.2 Å². The van der Waals surface area contributed by atoms with Gasteiger partial charge in [-0.25, -0.2) is 8.42 Å². The van der Waals surface area contributed by atoms with E-state index in [2.05, 4.69) is 25.9 Å². The van der Waals surface area contributed by atoms with Crippen LogP contribution in [0.25, 0.3) is 5.69 Å². The summed E-state index contributed by atoms with van der Waals surface area (Å²) in [6.07, 6.45) is 4.10. The van der Waals surface area contributed by atoms with E-state index in [1.165, 1.54) is 15.1 Å². The molecule has 1 aromatic heterocycles. The Hall–Kier alpha value is -3.48. The third-order valence-electron chi connectivity index (χ3n) is 8.95. The van der Waals surface area contributed by atoms with E-state index in [-0.39, 0.29) is 41.1 Å². The van der Waals surface area contributed by atoms with Gasteiger partial charge in [-0.1, -0.05) is 57.5 Å². The normalized spacial score (nSPS) is 17.0. The van der Waals surface area contributed by atoms with Crippen molar-refractivity contribution in [3.05, 3.63) is 85.3 Å². The monoisotopic (exact) mass is 643 g/mol. The van der Waals surface area contributed by atoms with Gasteiger partial charge in [0.05, 0.1) is 29.2 Å². The van der Waals surface area contributed by atoms with Crippen molar-refractivity contribution in [3.63, 3.8) is 0 Å². The lowest BCUT2D eigenvalue weighted by Gasteiger charge is -2.36. The predicted molar refractivity (Wildman–Crippen MR) is 170 cm³/mol. The van der Waals surface area contributed by atoms with Gasteiger partial charge in [0.1, 0.15) is 5.69 Å². The maximum Gasteiger partial charge on any atom is 0.316 e. The van der Waals surface area contributed by atoms with Crippen molar-refractivity contribution < 1.29 is 18.1 Å². The molecular weight excluding hydrogens is 606 g/mol. The molecule has 0 unspecified atom stereocenters. The molecule has 0 radical (unpaired) electrons. The van der Waals surface area contributed by atoms with Gasteiger partial charge in [0.2, 0.25) is 15.8 Å². The number of anilines is 1. The van der Waals surface area contributed by atoms with Crippen LogP contribution < -0.4 is 15.2 Å². The lowest BCUT2D eigenvalue weighted by atomic mass is 9.78. The zero-order valence-corrected chi connectivity index (χ0v) is 27.0. The third kappa shape index (κ3) is 6.47. The number of benzene rings is 2. The molecule has 1 aliphatic heterocycles. The molecule has 44 heavy (non-hydrogen) atoms. The van der Waals surface area contributed by atoms with Gasteiger partial charge in [-0.3, -0.25) is 14.9 Å². The maximum atomic E-state index is 13.8. The fourth-order valence-corrected chi connectivity index (χ4v) is 7.42. The number of nitrogens with zero attached hydrogens (tertiary/aromatic N) is 5. The molecule has 0 amide bonds. The number of sulfonamides is 1. The van der Waals surface area contributed by atoms with E-state index < -0.39 is 20.5 Å². The number of piperazine rings is 1. The van der Waals surface area contributed by atoms with Crippen molar-refractivity contribution in [2.24, 2.45) is 10.8 Å². The van der Waals surface area contributed by atoms with Crippen molar-refractivity contribution >= 4 is 33.0 Å². The van der Waals surface area contributed by atoms with Gasteiger partial charge in [0.25, 0.3) is 5.69 Å². The number of hydrogen-bond acceptors (Lipinski definition) is 8. The molecule has 2 fully saturated rings. The number of nitro groups is 1. The molecule has 11 nitrogen and oxygen atoms in total. The minimum atomic E-state index is -3.75. The second kappa shape index (κ2) is 12.1. The molecule has 3 aromatic rings. The second-order valence-corrected chi connectivity index (χ2v) is 15.0. The van der Waals surface area contributed by atoms with Crippen LogP contribution in [0.4, 0.5) is 11.4 Å². The smallest absolute Gasteiger partial charge is 0.316 e. The zero-order chi connectivity index (χ0) is 31.9. The molecule has 0 atom stereocenters. The number of aromatic nitrogens is 2. The summed E-state index contributed by atoms with van der Waals surface area (Å²) in [6.45, 7) is 9.73. The zero-order valence-electron chi connectivity index (χ0n) is 25.5. The second-order valence-electron chi connectivity index (χ2n) is 12.6. The molecule has 0 spiro atoms. The molecule has 2 aromatic carbocycles. The van der Waals surface area contributed by atoms with Crippen molar-refractivity contribution in [3.8, 4) is 11.4 Å². The van der Waals surface area contributed by atoms with Crippen LogP contribution >= 0.6 is 11.6 Å². The van der Waals surface area contributed by atoms with Gasteiger partial charge in [-0.15, -0.1) is 0 Å². The molecule has 2 heterocycles. The minimum Gasteiger partial charge on any atom is -0.486 e. The number of aryl methyl sites for hydroxylation is 1. The van der Waals surface area contributed by atoms with E-state index in [0.29, 0.717) is 53.6 Å². The molecule has 13 heteroatoms. The number of ether oxygens (including phenoxy) is 1. The topological polar surface area (TPSA) is 128 Å². The summed E-state index contributed by atoms with van der Waals surface area (Å²) in [4.78, 5) is 26.8.